The van der Waals surface area contributed by atoms with Gasteiger partial charge in [-0.2, -0.15) is 0 Å². The highest BCUT2D eigenvalue weighted by molar-refractivity contribution is 6.46. The summed E-state index contributed by atoms with van der Waals surface area (Å²) < 4.78 is 13.3. The fraction of sp³-hybridized carbons (Fsp3) is 0.261. The molecule has 1 unspecified atom stereocenters. The molecule has 1 heterocycles. The highest BCUT2D eigenvalue weighted by atomic mass is 19.1. The molecule has 30 heavy (non-hydrogen) atoms. The molecule has 3 rings (SSSR count). The van der Waals surface area contributed by atoms with E-state index in [2.05, 4.69) is 0 Å². The monoisotopic (exact) mass is 411 g/mol. The fourth-order valence-electron chi connectivity index (χ4n) is 3.59. The van der Waals surface area contributed by atoms with Crippen LogP contribution in [0.4, 0.5) is 4.39 Å². The largest absolute Gasteiger partial charge is 0.507 e. The fourth-order valence-corrected chi connectivity index (χ4v) is 3.59. The lowest BCUT2D eigenvalue weighted by atomic mass is 9.95. The zero-order valence-corrected chi connectivity index (χ0v) is 16.3. The van der Waals surface area contributed by atoms with Gasteiger partial charge in [-0.25, -0.2) is 4.39 Å². The minimum Gasteiger partial charge on any atom is -0.507 e. The number of amides is 1. The predicted molar refractivity (Wildman–Crippen MR) is 108 cm³/mol. The van der Waals surface area contributed by atoms with Crippen LogP contribution in [0, 0.1) is 5.82 Å². The number of rotatable bonds is 8. The van der Waals surface area contributed by atoms with Crippen LogP contribution in [0.3, 0.4) is 0 Å². The zero-order chi connectivity index (χ0) is 21.7. The van der Waals surface area contributed by atoms with E-state index in [0.717, 1.165) is 0 Å². The molecule has 7 heteroatoms. The maximum absolute atomic E-state index is 13.3. The molecule has 0 bridgehead atoms. The molecule has 1 atom stereocenters. The Morgan fingerprint density at radius 1 is 0.933 bits per heavy atom. The average molecular weight is 411 g/mol. The Kier molecular flexibility index (Phi) is 6.61. The minimum absolute atomic E-state index is 0.0386. The molecule has 2 aromatic rings. The van der Waals surface area contributed by atoms with E-state index >= 15 is 0 Å². The van der Waals surface area contributed by atoms with E-state index in [-0.39, 0.29) is 29.9 Å². The number of carbonyl (C=O) groups is 3. The van der Waals surface area contributed by atoms with Gasteiger partial charge in [0.25, 0.3) is 11.7 Å². The quantitative estimate of drug-likeness (QED) is 0.297. The standard InChI is InChI=1S/C23H22FNO5/c24-17-12-10-16(11-13-17)21(28)19-20(15-7-3-1-4-8-15)25(23(30)22(19)29)14-6-2-5-9-18(26)27/h1,3-4,7-8,10-13,20,28H,2,5-6,9,14H2,(H,26,27). The van der Waals surface area contributed by atoms with E-state index in [1.807, 2.05) is 6.07 Å². The van der Waals surface area contributed by atoms with E-state index in [4.69, 9.17) is 5.11 Å². The van der Waals surface area contributed by atoms with Crippen molar-refractivity contribution in [1.82, 2.24) is 4.90 Å². The first-order valence-electron chi connectivity index (χ1n) is 9.71. The van der Waals surface area contributed by atoms with Gasteiger partial charge in [-0.1, -0.05) is 36.8 Å². The first-order chi connectivity index (χ1) is 14.4. The third-order valence-electron chi connectivity index (χ3n) is 5.06. The molecule has 1 fully saturated rings. The Morgan fingerprint density at radius 3 is 2.23 bits per heavy atom. The van der Waals surface area contributed by atoms with Crippen LogP contribution in [0.15, 0.2) is 60.2 Å². The van der Waals surface area contributed by atoms with Crippen LogP contribution in [0.2, 0.25) is 0 Å². The second-order valence-corrected chi connectivity index (χ2v) is 7.11. The molecular weight excluding hydrogens is 389 g/mol. The number of Topliss-reactive ketones (excluding diaryl/α,β-unsaturated/α-hetero) is 1. The van der Waals surface area contributed by atoms with Crippen molar-refractivity contribution in [3.8, 4) is 0 Å². The number of hydrogen-bond acceptors (Lipinski definition) is 4. The van der Waals surface area contributed by atoms with Gasteiger partial charge in [0.05, 0.1) is 11.6 Å². The van der Waals surface area contributed by atoms with Crippen LogP contribution in [0.1, 0.15) is 42.9 Å². The number of aliphatic hydroxyl groups excluding tert-OH is 1. The van der Waals surface area contributed by atoms with E-state index in [1.54, 1.807) is 24.3 Å². The lowest BCUT2D eigenvalue weighted by molar-refractivity contribution is -0.140. The molecule has 0 saturated carbocycles. The molecule has 0 radical (unpaired) electrons. The van der Waals surface area contributed by atoms with Gasteiger partial charge in [-0.05, 0) is 42.7 Å². The first kappa shape index (κ1) is 21.2. The first-order valence-corrected chi connectivity index (χ1v) is 9.71. The number of hydrogen-bond donors (Lipinski definition) is 2. The summed E-state index contributed by atoms with van der Waals surface area (Å²) in [5, 5.41) is 19.6. The minimum atomic E-state index is -0.876. The van der Waals surface area contributed by atoms with Crippen molar-refractivity contribution in [3.05, 3.63) is 77.1 Å². The average Bonchev–Trinajstić information content (AvgIpc) is 2.99. The third-order valence-corrected chi connectivity index (χ3v) is 5.06. The van der Waals surface area contributed by atoms with Gasteiger partial charge in [0.1, 0.15) is 11.6 Å². The number of carboxylic acid groups (broad SMARTS) is 1. The van der Waals surface area contributed by atoms with Crippen molar-refractivity contribution >= 4 is 23.4 Å². The Labute approximate surface area is 173 Å². The summed E-state index contributed by atoms with van der Waals surface area (Å²) >= 11 is 0. The molecule has 6 nitrogen and oxygen atoms in total. The molecule has 2 N–H and O–H groups in total. The number of unbranched alkanes of at least 4 members (excludes halogenated alkanes) is 2. The Bertz CT molecular complexity index is 969. The van der Waals surface area contributed by atoms with E-state index in [0.29, 0.717) is 24.8 Å². The Balaban J connectivity index is 1.94. The van der Waals surface area contributed by atoms with Crippen LogP contribution in [0.5, 0.6) is 0 Å². The number of aliphatic carboxylic acids is 1. The van der Waals surface area contributed by atoms with Gasteiger partial charge in [0.15, 0.2) is 0 Å². The maximum atomic E-state index is 13.3. The number of ketones is 1. The molecule has 0 aliphatic carbocycles. The smallest absolute Gasteiger partial charge is 0.303 e. The molecule has 0 spiro atoms. The SMILES string of the molecule is O=C(O)CCCCCN1C(=O)C(=O)C(=C(O)c2ccc(F)cc2)C1c1ccccc1. The van der Waals surface area contributed by atoms with Crippen molar-refractivity contribution in [2.24, 2.45) is 0 Å². The van der Waals surface area contributed by atoms with Crippen molar-refractivity contribution in [2.75, 3.05) is 6.54 Å². The number of halogens is 1. The molecule has 2 aromatic carbocycles. The number of nitrogens with zero attached hydrogens (tertiary/aromatic N) is 1. The van der Waals surface area contributed by atoms with Gasteiger partial charge in [0, 0.05) is 18.5 Å². The van der Waals surface area contributed by atoms with Gasteiger partial charge in [-0.3, -0.25) is 14.4 Å². The highest BCUT2D eigenvalue weighted by Gasteiger charge is 2.45. The van der Waals surface area contributed by atoms with Crippen molar-refractivity contribution in [1.29, 1.82) is 0 Å². The van der Waals surface area contributed by atoms with Crippen LogP contribution >= 0.6 is 0 Å². The van der Waals surface area contributed by atoms with Gasteiger partial charge >= 0.3 is 5.97 Å². The summed E-state index contributed by atoms with van der Waals surface area (Å²) in [6, 6.07) is 13.2. The molecule has 1 amide bonds. The summed E-state index contributed by atoms with van der Waals surface area (Å²) in [5.41, 5.74) is 0.881. The van der Waals surface area contributed by atoms with Crippen molar-refractivity contribution in [3.63, 3.8) is 0 Å². The second-order valence-electron chi connectivity index (χ2n) is 7.11. The summed E-state index contributed by atoms with van der Waals surface area (Å²) in [5.74, 6) is -3.22. The van der Waals surface area contributed by atoms with Crippen LogP contribution in [-0.2, 0) is 14.4 Å². The predicted octanol–water partition coefficient (Wildman–Crippen LogP) is 3.89. The molecule has 0 aromatic heterocycles. The highest BCUT2D eigenvalue weighted by Crippen LogP contribution is 2.39. The van der Waals surface area contributed by atoms with E-state index in [9.17, 15) is 23.9 Å². The van der Waals surface area contributed by atoms with Crippen molar-refractivity contribution in [2.45, 2.75) is 31.7 Å². The normalized spacial score (nSPS) is 18.0. The summed E-state index contributed by atoms with van der Waals surface area (Å²) in [4.78, 5) is 37.6. The summed E-state index contributed by atoms with van der Waals surface area (Å²) in [7, 11) is 0. The zero-order valence-electron chi connectivity index (χ0n) is 16.3. The molecule has 1 aliphatic rings. The molecule has 1 saturated heterocycles. The Hall–Kier alpha value is -3.48. The summed E-state index contributed by atoms with van der Waals surface area (Å²) in [6.07, 6.45) is 1.64. The third kappa shape index (κ3) is 4.56. The topological polar surface area (TPSA) is 94.9 Å². The number of carboxylic acids is 1. The van der Waals surface area contributed by atoms with Crippen LogP contribution < -0.4 is 0 Å². The van der Waals surface area contributed by atoms with E-state index < -0.39 is 29.5 Å². The van der Waals surface area contributed by atoms with E-state index in [1.165, 1.54) is 29.2 Å². The summed E-state index contributed by atoms with van der Waals surface area (Å²) in [6.45, 7) is 0.254. The lowest BCUT2D eigenvalue weighted by Gasteiger charge is -2.25. The van der Waals surface area contributed by atoms with Gasteiger partial charge in [-0.15, -0.1) is 0 Å². The lowest BCUT2D eigenvalue weighted by Crippen LogP contribution is -2.30. The van der Waals surface area contributed by atoms with Gasteiger partial charge in [0.2, 0.25) is 0 Å². The van der Waals surface area contributed by atoms with Crippen molar-refractivity contribution < 1.29 is 29.0 Å². The number of carbonyl (C=O) groups excluding carboxylic acids is 2. The molecular formula is C23H22FNO5. The van der Waals surface area contributed by atoms with Crippen LogP contribution in [0.25, 0.3) is 5.76 Å². The number of aliphatic hydroxyl groups is 1. The molecule has 156 valence electrons. The maximum Gasteiger partial charge on any atom is 0.303 e. The van der Waals surface area contributed by atoms with Crippen LogP contribution in [-0.4, -0.2) is 39.3 Å². The Morgan fingerprint density at radius 2 is 1.60 bits per heavy atom. The second kappa shape index (κ2) is 9.35. The number of likely N-dealkylation sites (tertiary alicyclic amines) is 1. The van der Waals surface area contributed by atoms with Gasteiger partial charge < -0.3 is 15.1 Å². The number of benzene rings is 2. The molecule has 1 aliphatic heterocycles.